The first-order valence-corrected chi connectivity index (χ1v) is 10.8. The molecule has 8 heteroatoms. The number of hydrogen-bond donors (Lipinski definition) is 0. The fourth-order valence-electron chi connectivity index (χ4n) is 4.71. The van der Waals surface area contributed by atoms with Gasteiger partial charge >= 0.3 is 0 Å². The van der Waals surface area contributed by atoms with E-state index in [-0.39, 0.29) is 16.5 Å². The number of nitrogens with zero attached hydrogens (tertiary/aromatic N) is 4. The number of nitro groups is 1. The SMILES string of the molecule is O=c1c(CN2CCc3nc(C4CCCCC4)ncc3C2)coc2ccc([N+](=O)[O-])cc12. The molecule has 8 nitrogen and oxygen atoms in total. The van der Waals surface area contributed by atoms with Gasteiger partial charge in [0.15, 0.2) is 5.43 Å². The van der Waals surface area contributed by atoms with E-state index in [4.69, 9.17) is 9.40 Å². The van der Waals surface area contributed by atoms with Gasteiger partial charge in [0.25, 0.3) is 5.69 Å². The maximum absolute atomic E-state index is 12.9. The van der Waals surface area contributed by atoms with Crippen LogP contribution in [-0.4, -0.2) is 26.3 Å². The molecule has 0 saturated heterocycles. The summed E-state index contributed by atoms with van der Waals surface area (Å²) >= 11 is 0. The predicted octanol–water partition coefficient (Wildman–Crippen LogP) is 4.10. The summed E-state index contributed by atoms with van der Waals surface area (Å²) in [7, 11) is 0. The number of fused-ring (bicyclic) bond motifs is 2. The van der Waals surface area contributed by atoms with Crippen LogP contribution in [0, 0.1) is 10.1 Å². The first kappa shape index (κ1) is 19.8. The van der Waals surface area contributed by atoms with E-state index in [1.54, 1.807) is 0 Å². The van der Waals surface area contributed by atoms with Gasteiger partial charge in [-0.15, -0.1) is 0 Å². The molecule has 0 N–H and O–H groups in total. The lowest BCUT2D eigenvalue weighted by Crippen LogP contribution is -2.32. The minimum atomic E-state index is -0.505. The van der Waals surface area contributed by atoms with E-state index in [9.17, 15) is 14.9 Å². The first-order valence-electron chi connectivity index (χ1n) is 10.8. The van der Waals surface area contributed by atoms with Crippen LogP contribution < -0.4 is 5.43 Å². The Labute approximate surface area is 179 Å². The average Bonchev–Trinajstić information content (AvgIpc) is 2.81. The van der Waals surface area contributed by atoms with Crippen molar-refractivity contribution in [2.24, 2.45) is 0 Å². The second-order valence-electron chi connectivity index (χ2n) is 8.52. The highest BCUT2D eigenvalue weighted by Crippen LogP contribution is 2.31. The standard InChI is InChI=1S/C23H24N4O4/c28-22-17(14-31-21-7-6-18(27(29)30)10-19(21)22)13-26-9-8-20-16(12-26)11-24-23(25-20)15-4-2-1-3-5-15/h6-7,10-11,14-15H,1-5,8-9,12-13H2. The van der Waals surface area contributed by atoms with E-state index in [0.717, 1.165) is 30.0 Å². The van der Waals surface area contributed by atoms with Crippen molar-refractivity contribution in [3.05, 3.63) is 73.6 Å². The van der Waals surface area contributed by atoms with E-state index in [2.05, 4.69) is 9.88 Å². The van der Waals surface area contributed by atoms with Crippen LogP contribution in [0.15, 0.2) is 39.9 Å². The number of aromatic nitrogens is 2. The highest BCUT2D eigenvalue weighted by atomic mass is 16.6. The molecule has 160 valence electrons. The molecule has 31 heavy (non-hydrogen) atoms. The van der Waals surface area contributed by atoms with Crippen molar-refractivity contribution in [3.63, 3.8) is 0 Å². The third-order valence-corrected chi connectivity index (χ3v) is 6.43. The van der Waals surface area contributed by atoms with Gasteiger partial charge in [0.05, 0.1) is 16.6 Å². The second kappa shape index (κ2) is 8.19. The molecule has 1 saturated carbocycles. The van der Waals surface area contributed by atoms with Crippen LogP contribution in [-0.2, 0) is 19.5 Å². The number of benzene rings is 1. The van der Waals surface area contributed by atoms with Crippen molar-refractivity contribution in [2.75, 3.05) is 6.54 Å². The summed E-state index contributed by atoms with van der Waals surface area (Å²) in [6.45, 7) is 1.89. The van der Waals surface area contributed by atoms with E-state index in [0.29, 0.717) is 30.2 Å². The van der Waals surface area contributed by atoms with Gasteiger partial charge in [0.2, 0.25) is 0 Å². The molecule has 0 spiro atoms. The lowest BCUT2D eigenvalue weighted by atomic mass is 9.88. The van der Waals surface area contributed by atoms with Crippen molar-refractivity contribution in [1.29, 1.82) is 0 Å². The van der Waals surface area contributed by atoms with Gasteiger partial charge in [-0.05, 0) is 18.9 Å². The van der Waals surface area contributed by atoms with E-state index in [1.807, 2.05) is 6.20 Å². The Bertz CT molecular complexity index is 1200. The summed E-state index contributed by atoms with van der Waals surface area (Å²) in [5.74, 6) is 1.48. The van der Waals surface area contributed by atoms with E-state index < -0.39 is 4.92 Å². The Kier molecular flexibility index (Phi) is 5.23. The van der Waals surface area contributed by atoms with E-state index in [1.165, 1.54) is 56.6 Å². The van der Waals surface area contributed by atoms with Crippen molar-refractivity contribution >= 4 is 16.7 Å². The topological polar surface area (TPSA) is 102 Å². The highest BCUT2D eigenvalue weighted by molar-refractivity contribution is 5.79. The Morgan fingerprint density at radius 2 is 2.06 bits per heavy atom. The van der Waals surface area contributed by atoms with Gasteiger partial charge < -0.3 is 4.42 Å². The van der Waals surface area contributed by atoms with Crippen LogP contribution in [0.25, 0.3) is 11.0 Å². The Morgan fingerprint density at radius 3 is 2.87 bits per heavy atom. The second-order valence-corrected chi connectivity index (χ2v) is 8.52. The molecule has 5 rings (SSSR count). The normalized spacial score (nSPS) is 17.5. The number of non-ortho nitro benzene ring substituents is 1. The molecule has 2 aromatic heterocycles. The fourth-order valence-corrected chi connectivity index (χ4v) is 4.71. The molecule has 3 heterocycles. The van der Waals surface area contributed by atoms with Gasteiger partial charge in [-0.25, -0.2) is 9.97 Å². The summed E-state index contributed by atoms with van der Waals surface area (Å²) in [5.41, 5.74) is 2.73. The van der Waals surface area contributed by atoms with Gasteiger partial charge in [-0.1, -0.05) is 19.3 Å². The third-order valence-electron chi connectivity index (χ3n) is 6.43. The molecule has 0 bridgehead atoms. The smallest absolute Gasteiger partial charge is 0.270 e. The Balaban J connectivity index is 1.35. The maximum Gasteiger partial charge on any atom is 0.270 e. The number of rotatable bonds is 4. The summed E-state index contributed by atoms with van der Waals surface area (Å²) in [6.07, 6.45) is 10.4. The molecular weight excluding hydrogens is 396 g/mol. The van der Waals surface area contributed by atoms with Crippen LogP contribution in [0.2, 0.25) is 0 Å². The van der Waals surface area contributed by atoms with Crippen LogP contribution in [0.5, 0.6) is 0 Å². The minimum Gasteiger partial charge on any atom is -0.464 e. The molecule has 0 radical (unpaired) electrons. The molecule has 1 fully saturated rings. The monoisotopic (exact) mass is 420 g/mol. The Morgan fingerprint density at radius 1 is 1.23 bits per heavy atom. The Hall–Kier alpha value is -3.13. The van der Waals surface area contributed by atoms with Crippen LogP contribution in [0.3, 0.4) is 0 Å². The quantitative estimate of drug-likeness (QED) is 0.462. The van der Waals surface area contributed by atoms with E-state index >= 15 is 0 Å². The summed E-state index contributed by atoms with van der Waals surface area (Å²) < 4.78 is 5.58. The first-order chi connectivity index (χ1) is 15.1. The van der Waals surface area contributed by atoms with Gasteiger partial charge in [-0.3, -0.25) is 19.8 Å². The van der Waals surface area contributed by atoms with Gasteiger partial charge in [0, 0.05) is 67.1 Å². The van der Waals surface area contributed by atoms with Crippen LogP contribution >= 0.6 is 0 Å². The summed E-state index contributed by atoms with van der Waals surface area (Å²) in [5, 5.41) is 11.3. The zero-order valence-electron chi connectivity index (χ0n) is 17.2. The number of nitro benzene ring substituents is 1. The summed E-state index contributed by atoms with van der Waals surface area (Å²) in [4.78, 5) is 35.2. The molecule has 2 aliphatic rings. The molecular formula is C23H24N4O4. The molecule has 1 aromatic carbocycles. The zero-order chi connectivity index (χ0) is 21.4. The van der Waals surface area contributed by atoms with Crippen LogP contribution in [0.4, 0.5) is 5.69 Å². The third kappa shape index (κ3) is 3.95. The molecule has 1 aliphatic carbocycles. The highest BCUT2D eigenvalue weighted by Gasteiger charge is 2.23. The van der Waals surface area contributed by atoms with Crippen molar-refractivity contribution in [3.8, 4) is 0 Å². The lowest BCUT2D eigenvalue weighted by molar-refractivity contribution is -0.384. The molecule has 0 unspecified atom stereocenters. The molecule has 0 atom stereocenters. The minimum absolute atomic E-state index is 0.116. The largest absolute Gasteiger partial charge is 0.464 e. The predicted molar refractivity (Wildman–Crippen MR) is 115 cm³/mol. The van der Waals surface area contributed by atoms with Crippen molar-refractivity contribution < 1.29 is 9.34 Å². The van der Waals surface area contributed by atoms with Gasteiger partial charge in [0.1, 0.15) is 11.4 Å². The molecule has 3 aromatic rings. The van der Waals surface area contributed by atoms with Crippen molar-refractivity contribution in [2.45, 2.75) is 57.5 Å². The van der Waals surface area contributed by atoms with Crippen molar-refractivity contribution in [1.82, 2.24) is 14.9 Å². The van der Waals surface area contributed by atoms with Gasteiger partial charge in [-0.2, -0.15) is 0 Å². The molecule has 1 aliphatic heterocycles. The summed E-state index contributed by atoms with van der Waals surface area (Å²) in [6, 6.07) is 4.10. The zero-order valence-corrected chi connectivity index (χ0v) is 17.2. The fraction of sp³-hybridized carbons (Fsp3) is 0.435. The average molecular weight is 420 g/mol. The number of hydrogen-bond acceptors (Lipinski definition) is 7. The van der Waals surface area contributed by atoms with Crippen LogP contribution in [0.1, 0.15) is 60.7 Å². The maximum atomic E-state index is 12.9. The molecule has 0 amide bonds. The lowest BCUT2D eigenvalue weighted by Gasteiger charge is -2.28.